The lowest BCUT2D eigenvalue weighted by atomic mass is 9.88. The normalized spacial score (nSPS) is 22.6. The van der Waals surface area contributed by atoms with Gasteiger partial charge < -0.3 is 10.3 Å². The standard InChI is InChI=1S/C28H35FN4/c1-4-5-14-33-20(3)15-25-24-8-6-7-9-26(24)31-27(25)28(33)21-10-12-22(13-11-21)30-23-17-32(18-23)16-19(2)29/h4,6-13,19-20,23,28,30-31H,1,5,14-18H2,2-3H3/t19-,20-,28-/m1/s1. The molecule has 3 aromatic rings. The molecular weight excluding hydrogens is 411 g/mol. The molecule has 33 heavy (non-hydrogen) atoms. The van der Waals surface area contributed by atoms with Crippen LogP contribution in [0.1, 0.15) is 43.1 Å². The van der Waals surface area contributed by atoms with Gasteiger partial charge in [-0.25, -0.2) is 4.39 Å². The molecule has 2 N–H and O–H groups in total. The van der Waals surface area contributed by atoms with Crippen LogP contribution in [0.25, 0.3) is 10.9 Å². The molecular formula is C28H35FN4. The molecule has 1 saturated heterocycles. The Kier molecular flexibility index (Phi) is 6.26. The van der Waals surface area contributed by atoms with Crippen molar-refractivity contribution in [2.75, 3.05) is 31.5 Å². The van der Waals surface area contributed by atoms with Crippen LogP contribution < -0.4 is 5.32 Å². The second kappa shape index (κ2) is 9.32. The maximum Gasteiger partial charge on any atom is 0.110 e. The van der Waals surface area contributed by atoms with Crippen LogP contribution in [-0.2, 0) is 6.42 Å². The number of benzene rings is 2. The summed E-state index contributed by atoms with van der Waals surface area (Å²) >= 11 is 0. The van der Waals surface area contributed by atoms with Crippen molar-refractivity contribution >= 4 is 16.6 Å². The maximum atomic E-state index is 13.2. The summed E-state index contributed by atoms with van der Waals surface area (Å²) in [4.78, 5) is 8.53. The smallest absolute Gasteiger partial charge is 0.110 e. The summed E-state index contributed by atoms with van der Waals surface area (Å²) < 4.78 is 13.2. The topological polar surface area (TPSA) is 34.3 Å². The number of aromatic amines is 1. The van der Waals surface area contributed by atoms with Crippen molar-refractivity contribution in [3.8, 4) is 0 Å². The Morgan fingerprint density at radius 3 is 2.67 bits per heavy atom. The Hall–Kier alpha value is -2.63. The molecule has 0 unspecified atom stereocenters. The van der Waals surface area contributed by atoms with E-state index in [2.05, 4.69) is 82.1 Å². The Bertz CT molecular complexity index is 1100. The highest BCUT2D eigenvalue weighted by Gasteiger charge is 2.35. The molecule has 1 aromatic heterocycles. The van der Waals surface area contributed by atoms with E-state index >= 15 is 0 Å². The first kappa shape index (κ1) is 22.2. The lowest BCUT2D eigenvalue weighted by molar-refractivity contribution is 0.123. The van der Waals surface area contributed by atoms with E-state index in [1.165, 1.54) is 27.7 Å². The van der Waals surface area contributed by atoms with Gasteiger partial charge in [0.1, 0.15) is 6.17 Å². The number of fused-ring (bicyclic) bond motifs is 3. The highest BCUT2D eigenvalue weighted by molar-refractivity contribution is 5.85. The number of anilines is 1. The third-order valence-corrected chi connectivity index (χ3v) is 7.17. The van der Waals surface area contributed by atoms with Crippen molar-refractivity contribution in [2.45, 2.75) is 51.0 Å². The second-order valence-electron chi connectivity index (χ2n) is 9.80. The molecule has 3 atom stereocenters. The van der Waals surface area contributed by atoms with Crippen LogP contribution >= 0.6 is 0 Å². The average Bonchev–Trinajstić information content (AvgIpc) is 3.14. The van der Waals surface area contributed by atoms with E-state index in [1.807, 2.05) is 6.08 Å². The van der Waals surface area contributed by atoms with E-state index in [4.69, 9.17) is 0 Å². The van der Waals surface area contributed by atoms with Gasteiger partial charge >= 0.3 is 0 Å². The number of para-hydroxylation sites is 1. The minimum absolute atomic E-state index is 0.204. The molecule has 174 valence electrons. The van der Waals surface area contributed by atoms with Gasteiger partial charge in [-0.05, 0) is 56.0 Å². The molecule has 2 aromatic carbocycles. The van der Waals surface area contributed by atoms with Crippen LogP contribution in [0.15, 0.2) is 61.2 Å². The quantitative estimate of drug-likeness (QED) is 0.446. The van der Waals surface area contributed by atoms with Crippen LogP contribution in [0.4, 0.5) is 10.1 Å². The molecule has 0 aliphatic carbocycles. The molecule has 3 heterocycles. The SMILES string of the molecule is C=CCCN1[C@H](c2ccc(NC3CN(C[C@@H](C)F)C3)cc2)c2[nH]c3ccccc3c2C[C@H]1C. The molecule has 0 amide bonds. The molecule has 5 rings (SSSR count). The largest absolute Gasteiger partial charge is 0.380 e. The van der Waals surface area contributed by atoms with Gasteiger partial charge in [0.2, 0.25) is 0 Å². The van der Waals surface area contributed by atoms with Gasteiger partial charge in [-0.1, -0.05) is 36.4 Å². The predicted molar refractivity (Wildman–Crippen MR) is 136 cm³/mol. The van der Waals surface area contributed by atoms with E-state index in [-0.39, 0.29) is 6.04 Å². The zero-order chi connectivity index (χ0) is 22.9. The fraction of sp³-hybridized carbons (Fsp3) is 0.429. The maximum absolute atomic E-state index is 13.2. The first-order chi connectivity index (χ1) is 16.0. The minimum Gasteiger partial charge on any atom is -0.380 e. The number of hydrogen-bond donors (Lipinski definition) is 2. The number of hydrogen-bond acceptors (Lipinski definition) is 3. The van der Waals surface area contributed by atoms with Crippen LogP contribution in [0, 0.1) is 0 Å². The molecule has 1 fully saturated rings. The Morgan fingerprint density at radius 2 is 1.94 bits per heavy atom. The fourth-order valence-corrected chi connectivity index (χ4v) is 5.62. The first-order valence-corrected chi connectivity index (χ1v) is 12.2. The summed E-state index contributed by atoms with van der Waals surface area (Å²) in [6.07, 6.45) is 3.29. The Labute approximate surface area is 196 Å². The Balaban J connectivity index is 1.39. The predicted octanol–water partition coefficient (Wildman–Crippen LogP) is 5.53. The number of halogens is 1. The Morgan fingerprint density at radius 1 is 1.18 bits per heavy atom. The van der Waals surface area contributed by atoms with Crippen LogP contribution in [-0.4, -0.2) is 59.2 Å². The number of alkyl halides is 1. The monoisotopic (exact) mass is 446 g/mol. The van der Waals surface area contributed by atoms with Crippen molar-refractivity contribution in [3.05, 3.63) is 78.0 Å². The summed E-state index contributed by atoms with van der Waals surface area (Å²) in [5.74, 6) is 0. The van der Waals surface area contributed by atoms with Crippen LogP contribution in [0.5, 0.6) is 0 Å². The van der Waals surface area contributed by atoms with E-state index in [9.17, 15) is 4.39 Å². The second-order valence-corrected chi connectivity index (χ2v) is 9.80. The van der Waals surface area contributed by atoms with Crippen molar-refractivity contribution in [1.82, 2.24) is 14.8 Å². The third-order valence-electron chi connectivity index (χ3n) is 7.17. The molecule has 0 bridgehead atoms. The number of likely N-dealkylation sites (tertiary alicyclic amines) is 1. The van der Waals surface area contributed by atoms with Gasteiger partial charge in [-0.3, -0.25) is 9.80 Å². The zero-order valence-electron chi connectivity index (χ0n) is 19.7. The molecule has 0 saturated carbocycles. The van der Waals surface area contributed by atoms with Gasteiger partial charge in [0.25, 0.3) is 0 Å². The molecule has 0 radical (unpaired) electrons. The van der Waals surface area contributed by atoms with E-state index in [1.54, 1.807) is 6.92 Å². The summed E-state index contributed by atoms with van der Waals surface area (Å²) in [6.45, 7) is 11.3. The number of nitrogens with zero attached hydrogens (tertiary/aromatic N) is 2. The minimum atomic E-state index is -0.762. The van der Waals surface area contributed by atoms with Crippen molar-refractivity contribution in [2.24, 2.45) is 0 Å². The van der Waals surface area contributed by atoms with Crippen molar-refractivity contribution in [3.63, 3.8) is 0 Å². The number of nitrogens with one attached hydrogen (secondary N) is 2. The molecule has 4 nitrogen and oxygen atoms in total. The van der Waals surface area contributed by atoms with Gasteiger partial charge in [0, 0.05) is 54.5 Å². The third kappa shape index (κ3) is 4.44. The summed E-state index contributed by atoms with van der Waals surface area (Å²) in [7, 11) is 0. The van der Waals surface area contributed by atoms with Gasteiger partial charge in [-0.2, -0.15) is 0 Å². The van der Waals surface area contributed by atoms with Crippen LogP contribution in [0.2, 0.25) is 0 Å². The lowest BCUT2D eigenvalue weighted by Gasteiger charge is -2.41. The highest BCUT2D eigenvalue weighted by Crippen LogP contribution is 2.41. The fourth-order valence-electron chi connectivity index (χ4n) is 5.62. The van der Waals surface area contributed by atoms with E-state index < -0.39 is 6.17 Å². The molecule has 2 aliphatic rings. The van der Waals surface area contributed by atoms with Crippen LogP contribution in [0.3, 0.4) is 0 Å². The summed E-state index contributed by atoms with van der Waals surface area (Å²) in [5, 5.41) is 4.96. The summed E-state index contributed by atoms with van der Waals surface area (Å²) in [6, 6.07) is 18.6. The number of rotatable bonds is 8. The van der Waals surface area contributed by atoms with Crippen molar-refractivity contribution in [1.29, 1.82) is 0 Å². The molecule has 2 aliphatic heterocycles. The number of aromatic nitrogens is 1. The number of H-pyrrole nitrogens is 1. The van der Waals surface area contributed by atoms with E-state index in [0.717, 1.165) is 38.2 Å². The zero-order valence-corrected chi connectivity index (χ0v) is 19.7. The van der Waals surface area contributed by atoms with Crippen molar-refractivity contribution < 1.29 is 4.39 Å². The summed E-state index contributed by atoms with van der Waals surface area (Å²) in [5.41, 5.74) is 6.45. The molecule has 5 heteroatoms. The lowest BCUT2D eigenvalue weighted by Crippen LogP contribution is -2.55. The van der Waals surface area contributed by atoms with Gasteiger partial charge in [-0.15, -0.1) is 6.58 Å². The van der Waals surface area contributed by atoms with Gasteiger partial charge in [0.05, 0.1) is 12.1 Å². The van der Waals surface area contributed by atoms with E-state index in [0.29, 0.717) is 18.6 Å². The highest BCUT2D eigenvalue weighted by atomic mass is 19.1. The first-order valence-electron chi connectivity index (χ1n) is 12.2. The molecule has 0 spiro atoms. The average molecular weight is 447 g/mol. The van der Waals surface area contributed by atoms with Gasteiger partial charge in [0.15, 0.2) is 0 Å².